The van der Waals surface area contributed by atoms with Crippen LogP contribution >= 0.6 is 0 Å². The first kappa shape index (κ1) is 27.1. The Kier molecular flexibility index (Phi) is 7.51. The van der Waals surface area contributed by atoms with Crippen LogP contribution < -0.4 is 5.32 Å². The molecule has 1 N–H and O–H groups in total. The average Bonchev–Trinajstić information content (AvgIpc) is 3.21. The van der Waals surface area contributed by atoms with Crippen molar-refractivity contribution in [2.45, 2.75) is 91.1 Å². The van der Waals surface area contributed by atoms with Crippen LogP contribution in [0.5, 0.6) is 0 Å². The molecule has 5 rings (SSSR count). The van der Waals surface area contributed by atoms with Crippen LogP contribution in [0.15, 0.2) is 0 Å². The standard InChI is InChI=1S/C30H48N2O5/c1-20(33)23-7-8-24-22-6-5-21-17-28(2,11-12-29(21,3)25(22)9-10-30(23,24)4)37-27(35)18-31-26(34)19-32-13-15-36-16-14-32/h21-25H,5-19H2,1-4H3,(H,31,34)/t21-,22-,23+,24-,25-,28+,29-,30+/m0/s1. The topological polar surface area (TPSA) is 84.9 Å². The van der Waals surface area contributed by atoms with Gasteiger partial charge in [-0.25, -0.2) is 0 Å². The van der Waals surface area contributed by atoms with Gasteiger partial charge in [-0.3, -0.25) is 19.3 Å². The molecule has 7 heteroatoms. The number of amides is 1. The lowest BCUT2D eigenvalue weighted by Crippen LogP contribution is -2.56. The van der Waals surface area contributed by atoms with Crippen LogP contribution in [0, 0.1) is 40.4 Å². The summed E-state index contributed by atoms with van der Waals surface area (Å²) in [6.07, 6.45) is 10.0. The summed E-state index contributed by atoms with van der Waals surface area (Å²) in [5, 5.41) is 2.75. The number of carbonyl (C=O) groups excluding carboxylic acids is 3. The highest BCUT2D eigenvalue weighted by Crippen LogP contribution is 2.68. The summed E-state index contributed by atoms with van der Waals surface area (Å²) in [6.45, 7) is 11.8. The highest BCUT2D eigenvalue weighted by Gasteiger charge is 2.61. The number of esters is 1. The summed E-state index contributed by atoms with van der Waals surface area (Å²) < 4.78 is 11.4. The quantitative estimate of drug-likeness (QED) is 0.538. The zero-order chi connectivity index (χ0) is 26.4. The number of nitrogens with one attached hydrogen (secondary N) is 1. The van der Waals surface area contributed by atoms with Gasteiger partial charge in [0.15, 0.2) is 0 Å². The summed E-state index contributed by atoms with van der Waals surface area (Å²) in [6, 6.07) is 0. The van der Waals surface area contributed by atoms with Crippen LogP contribution in [0.2, 0.25) is 0 Å². The Morgan fingerprint density at radius 2 is 1.65 bits per heavy atom. The lowest BCUT2D eigenvalue weighted by Gasteiger charge is -2.62. The van der Waals surface area contributed by atoms with E-state index in [0.717, 1.165) is 50.6 Å². The van der Waals surface area contributed by atoms with Gasteiger partial charge in [0.1, 0.15) is 17.9 Å². The number of hydrogen-bond donors (Lipinski definition) is 1. The van der Waals surface area contributed by atoms with E-state index in [9.17, 15) is 14.4 Å². The van der Waals surface area contributed by atoms with Crippen molar-refractivity contribution in [3.05, 3.63) is 0 Å². The zero-order valence-corrected chi connectivity index (χ0v) is 23.5. The fourth-order valence-corrected chi connectivity index (χ4v) is 9.68. The summed E-state index contributed by atoms with van der Waals surface area (Å²) in [5.41, 5.74) is 0.0251. The molecule has 0 unspecified atom stereocenters. The number of rotatable bonds is 6. The van der Waals surface area contributed by atoms with E-state index in [1.165, 1.54) is 32.1 Å². The van der Waals surface area contributed by atoms with Gasteiger partial charge in [-0.2, -0.15) is 0 Å². The van der Waals surface area contributed by atoms with Crippen LogP contribution in [-0.2, 0) is 23.9 Å². The van der Waals surface area contributed by atoms with Gasteiger partial charge in [0, 0.05) is 19.0 Å². The fourth-order valence-electron chi connectivity index (χ4n) is 9.68. The van der Waals surface area contributed by atoms with E-state index in [1.807, 2.05) is 4.90 Å². The van der Waals surface area contributed by atoms with Crippen LogP contribution in [-0.4, -0.2) is 67.6 Å². The third kappa shape index (κ3) is 5.11. The van der Waals surface area contributed by atoms with Crippen molar-refractivity contribution in [1.29, 1.82) is 0 Å². The predicted molar refractivity (Wildman–Crippen MR) is 141 cm³/mol. The third-order valence-corrected chi connectivity index (χ3v) is 11.7. The normalized spacial score (nSPS) is 43.7. The van der Waals surface area contributed by atoms with Crippen molar-refractivity contribution >= 4 is 17.7 Å². The number of carbonyl (C=O) groups is 3. The molecule has 1 heterocycles. The van der Waals surface area contributed by atoms with E-state index in [0.29, 0.717) is 37.4 Å². The number of ketones is 1. The smallest absolute Gasteiger partial charge is 0.325 e. The Morgan fingerprint density at radius 1 is 0.919 bits per heavy atom. The SMILES string of the molecule is CC(=O)[C@H]1CC[C@H]2[C@@H]3CC[C@H]4C[C@](C)(OC(=O)CNC(=O)CN5CCOCC5)CC[C@]4(C)[C@H]3CC[C@]12C. The molecule has 5 aliphatic rings. The molecule has 7 nitrogen and oxygen atoms in total. The summed E-state index contributed by atoms with van der Waals surface area (Å²) in [7, 11) is 0. The molecule has 0 aromatic carbocycles. The molecule has 1 aliphatic heterocycles. The highest BCUT2D eigenvalue weighted by molar-refractivity contribution is 5.83. The van der Waals surface area contributed by atoms with Crippen LogP contribution in [0.25, 0.3) is 0 Å². The second kappa shape index (κ2) is 10.3. The number of ether oxygens (including phenoxy) is 2. The lowest BCUT2D eigenvalue weighted by atomic mass is 9.44. The van der Waals surface area contributed by atoms with E-state index in [-0.39, 0.29) is 35.2 Å². The van der Waals surface area contributed by atoms with E-state index in [1.54, 1.807) is 6.92 Å². The number of morpholine rings is 1. The molecule has 1 amide bonds. The van der Waals surface area contributed by atoms with Crippen molar-refractivity contribution in [3.8, 4) is 0 Å². The molecule has 5 fully saturated rings. The van der Waals surface area contributed by atoms with Gasteiger partial charge in [0.05, 0.1) is 19.8 Å². The van der Waals surface area contributed by atoms with Gasteiger partial charge in [0.2, 0.25) is 5.91 Å². The molecule has 0 radical (unpaired) electrons. The Labute approximate surface area is 222 Å². The third-order valence-electron chi connectivity index (χ3n) is 11.7. The van der Waals surface area contributed by atoms with Crippen molar-refractivity contribution in [2.75, 3.05) is 39.4 Å². The van der Waals surface area contributed by atoms with Gasteiger partial charge in [-0.15, -0.1) is 0 Å². The minimum atomic E-state index is -0.459. The Bertz CT molecular complexity index is 902. The Morgan fingerprint density at radius 3 is 2.38 bits per heavy atom. The highest BCUT2D eigenvalue weighted by atomic mass is 16.6. The van der Waals surface area contributed by atoms with Gasteiger partial charge in [-0.1, -0.05) is 13.8 Å². The first-order valence-electron chi connectivity index (χ1n) is 14.8. The van der Waals surface area contributed by atoms with Gasteiger partial charge >= 0.3 is 5.97 Å². The number of hydrogen-bond acceptors (Lipinski definition) is 6. The number of nitrogens with zero attached hydrogens (tertiary/aromatic N) is 1. The molecule has 0 bridgehead atoms. The monoisotopic (exact) mass is 516 g/mol. The summed E-state index contributed by atoms with van der Waals surface area (Å²) >= 11 is 0. The summed E-state index contributed by atoms with van der Waals surface area (Å²) in [4.78, 5) is 39.5. The second-order valence-corrected chi connectivity index (χ2v) is 13.7. The zero-order valence-electron chi connectivity index (χ0n) is 23.5. The first-order valence-corrected chi connectivity index (χ1v) is 14.8. The van der Waals surface area contributed by atoms with E-state index >= 15 is 0 Å². The van der Waals surface area contributed by atoms with Gasteiger partial charge < -0.3 is 14.8 Å². The molecular formula is C30H48N2O5. The van der Waals surface area contributed by atoms with Crippen molar-refractivity contribution in [2.24, 2.45) is 40.4 Å². The molecule has 0 aromatic heterocycles. The molecule has 4 saturated carbocycles. The van der Waals surface area contributed by atoms with Crippen molar-refractivity contribution in [1.82, 2.24) is 10.2 Å². The van der Waals surface area contributed by atoms with Crippen molar-refractivity contribution < 1.29 is 23.9 Å². The van der Waals surface area contributed by atoms with E-state index in [2.05, 4.69) is 26.1 Å². The Balaban J connectivity index is 1.16. The molecule has 0 spiro atoms. The minimum Gasteiger partial charge on any atom is -0.458 e. The van der Waals surface area contributed by atoms with E-state index in [4.69, 9.17) is 9.47 Å². The van der Waals surface area contributed by atoms with E-state index < -0.39 is 5.60 Å². The molecule has 8 atom stereocenters. The predicted octanol–water partition coefficient (Wildman–Crippen LogP) is 3.98. The number of fused-ring (bicyclic) bond motifs is 5. The van der Waals surface area contributed by atoms with Crippen LogP contribution in [0.3, 0.4) is 0 Å². The van der Waals surface area contributed by atoms with Crippen LogP contribution in [0.1, 0.15) is 85.5 Å². The fraction of sp³-hybridized carbons (Fsp3) is 0.900. The molecule has 37 heavy (non-hydrogen) atoms. The van der Waals surface area contributed by atoms with Gasteiger partial charge in [-0.05, 0) is 106 Å². The Hall–Kier alpha value is -1.47. The minimum absolute atomic E-state index is 0.0665. The maximum atomic E-state index is 12.7. The molecular weight excluding hydrogens is 468 g/mol. The maximum Gasteiger partial charge on any atom is 0.325 e. The molecule has 1 saturated heterocycles. The first-order chi connectivity index (χ1) is 17.5. The molecule has 0 aromatic rings. The van der Waals surface area contributed by atoms with Crippen LogP contribution in [0.4, 0.5) is 0 Å². The largest absolute Gasteiger partial charge is 0.458 e. The maximum absolute atomic E-state index is 12.7. The molecule has 208 valence electrons. The molecule has 4 aliphatic carbocycles. The summed E-state index contributed by atoms with van der Waals surface area (Å²) in [5.74, 6) is 2.89. The lowest BCUT2D eigenvalue weighted by molar-refractivity contribution is -0.180. The average molecular weight is 517 g/mol. The number of Topliss-reactive ketones (excluding diaryl/α,β-unsaturated/α-hetero) is 1. The van der Waals surface area contributed by atoms with Gasteiger partial charge in [0.25, 0.3) is 0 Å². The second-order valence-electron chi connectivity index (χ2n) is 13.7. The van der Waals surface area contributed by atoms with Crippen molar-refractivity contribution in [3.63, 3.8) is 0 Å².